The molecule has 0 aliphatic rings. The maximum absolute atomic E-state index is 12.3. The molecule has 2 aromatic rings. The summed E-state index contributed by atoms with van der Waals surface area (Å²) in [6, 6.07) is 1.25. The zero-order valence-corrected chi connectivity index (χ0v) is 14.3. The van der Waals surface area contributed by atoms with Gasteiger partial charge in [0.1, 0.15) is 11.4 Å². The standard InChI is InChI=1S/C15H18N4O4S/c1-8(2)14(21)13(11-7-24-15(16)17-11)18-23-6-10-4-12(20)9(3)5-19(10)22/h4-5,7-8,22H,6H2,1-3H3,(H2,16,17)/b18-13-. The van der Waals surface area contributed by atoms with Crippen LogP contribution in [0.5, 0.6) is 0 Å². The zero-order valence-electron chi connectivity index (χ0n) is 13.5. The molecule has 2 aromatic heterocycles. The number of anilines is 1. The van der Waals surface area contributed by atoms with Crippen molar-refractivity contribution in [2.45, 2.75) is 27.4 Å². The summed E-state index contributed by atoms with van der Waals surface area (Å²) in [5.74, 6) is -0.545. The van der Waals surface area contributed by atoms with Gasteiger partial charge in [-0.15, -0.1) is 11.3 Å². The van der Waals surface area contributed by atoms with Gasteiger partial charge in [0.25, 0.3) is 0 Å². The van der Waals surface area contributed by atoms with E-state index in [1.807, 2.05) is 0 Å². The van der Waals surface area contributed by atoms with E-state index in [1.54, 1.807) is 26.2 Å². The Morgan fingerprint density at radius 3 is 2.83 bits per heavy atom. The average Bonchev–Trinajstić information content (AvgIpc) is 2.94. The van der Waals surface area contributed by atoms with Crippen LogP contribution in [0.15, 0.2) is 27.6 Å². The lowest BCUT2D eigenvalue weighted by atomic mass is 10.0. The molecule has 0 aliphatic carbocycles. The fourth-order valence-electron chi connectivity index (χ4n) is 1.82. The molecule has 2 rings (SSSR count). The Morgan fingerprint density at radius 1 is 1.54 bits per heavy atom. The minimum Gasteiger partial charge on any atom is -0.429 e. The van der Waals surface area contributed by atoms with Gasteiger partial charge >= 0.3 is 0 Å². The Morgan fingerprint density at radius 2 is 2.25 bits per heavy atom. The normalized spacial score (nSPS) is 11.8. The first-order valence-electron chi connectivity index (χ1n) is 7.16. The summed E-state index contributed by atoms with van der Waals surface area (Å²) in [7, 11) is 0. The molecule has 128 valence electrons. The molecule has 2 heterocycles. The summed E-state index contributed by atoms with van der Waals surface area (Å²) in [6.45, 7) is 4.88. The van der Waals surface area contributed by atoms with E-state index < -0.39 is 0 Å². The van der Waals surface area contributed by atoms with Gasteiger partial charge in [-0.2, -0.15) is 4.73 Å². The van der Waals surface area contributed by atoms with Crippen molar-refractivity contribution in [3.63, 3.8) is 0 Å². The number of nitrogens with two attached hydrogens (primary N) is 1. The van der Waals surface area contributed by atoms with E-state index in [2.05, 4.69) is 10.1 Å². The summed E-state index contributed by atoms with van der Waals surface area (Å²) in [6.07, 6.45) is 1.28. The highest BCUT2D eigenvalue weighted by atomic mass is 32.1. The van der Waals surface area contributed by atoms with Gasteiger partial charge in [0, 0.05) is 22.9 Å². The Hall–Kier alpha value is -2.68. The number of pyridine rings is 1. The van der Waals surface area contributed by atoms with Crippen LogP contribution in [0.4, 0.5) is 5.13 Å². The van der Waals surface area contributed by atoms with Crippen LogP contribution in [0.25, 0.3) is 0 Å². The number of nitrogens with zero attached hydrogens (tertiary/aromatic N) is 3. The lowest BCUT2D eigenvalue weighted by molar-refractivity contribution is -0.115. The third-order valence-electron chi connectivity index (χ3n) is 3.19. The number of thiazole rings is 1. The number of Topliss-reactive ketones (excluding diaryl/α,β-unsaturated/α-hetero) is 1. The number of hydrogen-bond acceptors (Lipinski definition) is 8. The summed E-state index contributed by atoms with van der Waals surface area (Å²) in [5, 5.41) is 15.5. The predicted octanol–water partition coefficient (Wildman–Crippen LogP) is 1.58. The predicted molar refractivity (Wildman–Crippen MR) is 90.3 cm³/mol. The van der Waals surface area contributed by atoms with Gasteiger partial charge < -0.3 is 15.8 Å². The maximum atomic E-state index is 12.3. The topological polar surface area (TPSA) is 120 Å². The molecule has 9 heteroatoms. The van der Waals surface area contributed by atoms with Gasteiger partial charge in [-0.3, -0.25) is 9.59 Å². The van der Waals surface area contributed by atoms with Crippen LogP contribution < -0.4 is 11.2 Å². The van der Waals surface area contributed by atoms with Crippen LogP contribution in [0.1, 0.15) is 30.8 Å². The van der Waals surface area contributed by atoms with Crippen molar-refractivity contribution in [3.05, 3.63) is 44.8 Å². The van der Waals surface area contributed by atoms with Gasteiger partial charge in [-0.25, -0.2) is 4.98 Å². The molecule has 0 saturated carbocycles. The highest BCUT2D eigenvalue weighted by Crippen LogP contribution is 2.15. The van der Waals surface area contributed by atoms with Crippen molar-refractivity contribution in [3.8, 4) is 0 Å². The highest BCUT2D eigenvalue weighted by Gasteiger charge is 2.21. The second-order valence-corrected chi connectivity index (χ2v) is 6.35. The number of aromatic nitrogens is 2. The summed E-state index contributed by atoms with van der Waals surface area (Å²) >= 11 is 1.19. The molecule has 0 amide bonds. The van der Waals surface area contributed by atoms with Crippen LogP contribution in [0, 0.1) is 12.8 Å². The first-order valence-corrected chi connectivity index (χ1v) is 8.04. The number of aryl methyl sites for hydroxylation is 1. The van der Waals surface area contributed by atoms with Crippen LogP contribution in [-0.4, -0.2) is 26.4 Å². The van der Waals surface area contributed by atoms with Gasteiger partial charge in [-0.1, -0.05) is 19.0 Å². The molecule has 0 radical (unpaired) electrons. The minimum atomic E-state index is -0.300. The fourth-order valence-corrected chi connectivity index (χ4v) is 2.37. The smallest absolute Gasteiger partial charge is 0.189 e. The lowest BCUT2D eigenvalue weighted by Gasteiger charge is -2.08. The van der Waals surface area contributed by atoms with E-state index in [-0.39, 0.29) is 35.1 Å². The second kappa shape index (κ2) is 7.26. The van der Waals surface area contributed by atoms with E-state index in [4.69, 9.17) is 10.6 Å². The lowest BCUT2D eigenvalue weighted by Crippen LogP contribution is -2.22. The molecular weight excluding hydrogens is 332 g/mol. The number of hydrogen-bond donors (Lipinski definition) is 2. The summed E-state index contributed by atoms with van der Waals surface area (Å²) in [5.41, 5.74) is 6.36. The average molecular weight is 350 g/mol. The third kappa shape index (κ3) is 3.99. The molecule has 0 aromatic carbocycles. The van der Waals surface area contributed by atoms with Crippen molar-refractivity contribution >= 4 is 28.0 Å². The molecule has 3 N–H and O–H groups in total. The van der Waals surface area contributed by atoms with Crippen molar-refractivity contribution in [2.24, 2.45) is 11.1 Å². The molecule has 0 bridgehead atoms. The molecule has 0 spiro atoms. The van der Waals surface area contributed by atoms with Gasteiger partial charge in [-0.05, 0) is 6.92 Å². The van der Waals surface area contributed by atoms with Gasteiger partial charge in [0.05, 0.1) is 6.20 Å². The Labute approximate surface area is 142 Å². The van der Waals surface area contributed by atoms with Gasteiger partial charge in [0.2, 0.25) is 0 Å². The summed E-state index contributed by atoms with van der Waals surface area (Å²) < 4.78 is 0.789. The van der Waals surface area contributed by atoms with Gasteiger partial charge in [0.15, 0.2) is 28.7 Å². The Bertz CT molecular complexity index is 838. The summed E-state index contributed by atoms with van der Waals surface area (Å²) in [4.78, 5) is 33.1. The molecular formula is C15H18N4O4S. The number of rotatable bonds is 6. The monoisotopic (exact) mass is 350 g/mol. The van der Waals surface area contributed by atoms with Crippen molar-refractivity contribution in [2.75, 3.05) is 5.73 Å². The molecule has 0 atom stereocenters. The molecule has 0 aliphatic heterocycles. The van der Waals surface area contributed by atoms with Crippen molar-refractivity contribution < 1.29 is 14.8 Å². The molecule has 0 saturated heterocycles. The molecule has 0 unspecified atom stereocenters. The van der Waals surface area contributed by atoms with Crippen molar-refractivity contribution in [1.29, 1.82) is 0 Å². The van der Waals surface area contributed by atoms with E-state index in [0.29, 0.717) is 16.4 Å². The van der Waals surface area contributed by atoms with E-state index in [0.717, 1.165) is 4.73 Å². The number of oxime groups is 1. The van der Waals surface area contributed by atoms with E-state index in [9.17, 15) is 14.8 Å². The molecule has 24 heavy (non-hydrogen) atoms. The highest BCUT2D eigenvalue weighted by molar-refractivity contribution is 7.13. The number of carbonyl (C=O) groups is 1. The minimum absolute atomic E-state index is 0.0527. The number of carbonyl (C=O) groups excluding carboxylic acids is 1. The SMILES string of the molecule is Cc1cn(O)c(CO/N=C(\C(=O)C(C)C)c2csc(N)n2)cc1=O. The van der Waals surface area contributed by atoms with E-state index in [1.165, 1.54) is 23.6 Å². The van der Waals surface area contributed by atoms with Crippen molar-refractivity contribution in [1.82, 2.24) is 9.71 Å². The number of ketones is 1. The first-order chi connectivity index (χ1) is 11.3. The largest absolute Gasteiger partial charge is 0.429 e. The second-order valence-electron chi connectivity index (χ2n) is 5.46. The fraction of sp³-hybridized carbons (Fsp3) is 0.333. The quantitative estimate of drug-likeness (QED) is 0.464. The van der Waals surface area contributed by atoms with Crippen LogP contribution in [0.2, 0.25) is 0 Å². The van der Waals surface area contributed by atoms with Crippen LogP contribution >= 0.6 is 11.3 Å². The Balaban J connectivity index is 2.24. The van der Waals surface area contributed by atoms with Crippen LogP contribution in [-0.2, 0) is 16.2 Å². The van der Waals surface area contributed by atoms with E-state index >= 15 is 0 Å². The number of nitrogen functional groups attached to an aromatic ring is 1. The first kappa shape index (κ1) is 17.7. The van der Waals surface area contributed by atoms with Crippen LogP contribution in [0.3, 0.4) is 0 Å². The third-order valence-corrected chi connectivity index (χ3v) is 3.86. The maximum Gasteiger partial charge on any atom is 0.189 e. The zero-order chi connectivity index (χ0) is 17.9. The molecule has 8 nitrogen and oxygen atoms in total. The molecule has 0 fully saturated rings. The Kier molecular flexibility index (Phi) is 5.35.